The largest absolute Gasteiger partial charge is 0.455 e. The third kappa shape index (κ3) is 5.64. The zero-order valence-electron chi connectivity index (χ0n) is 16.3. The second-order valence-electron chi connectivity index (χ2n) is 6.36. The number of thioether (sulfide) groups is 1. The minimum Gasteiger partial charge on any atom is -0.455 e. The third-order valence-electron chi connectivity index (χ3n) is 4.08. The average molecular weight is 434 g/mol. The molecule has 0 spiro atoms. The van der Waals surface area contributed by atoms with Crippen molar-refractivity contribution in [2.24, 2.45) is 0 Å². The molecule has 0 saturated carbocycles. The lowest BCUT2D eigenvalue weighted by Crippen LogP contribution is -2.21. The van der Waals surface area contributed by atoms with Crippen molar-refractivity contribution in [1.82, 2.24) is 4.98 Å². The monoisotopic (exact) mass is 434 g/mol. The van der Waals surface area contributed by atoms with Crippen LogP contribution in [0.3, 0.4) is 0 Å². The lowest BCUT2D eigenvalue weighted by molar-refractivity contribution is -0.144. The van der Waals surface area contributed by atoms with Crippen molar-refractivity contribution >= 4 is 40.4 Å². The van der Waals surface area contributed by atoms with Crippen molar-refractivity contribution in [3.05, 3.63) is 78.9 Å². The van der Waals surface area contributed by atoms with Crippen LogP contribution in [0.5, 0.6) is 11.5 Å². The van der Waals surface area contributed by atoms with Crippen LogP contribution in [0.25, 0.3) is 11.1 Å². The molecule has 1 heterocycles. The minimum atomic E-state index is -0.545. The summed E-state index contributed by atoms with van der Waals surface area (Å²) in [6.45, 7) is -0.410. The Balaban J connectivity index is 1.26. The smallest absolute Gasteiger partial charge is 0.316 e. The fourth-order valence-electron chi connectivity index (χ4n) is 2.68. The van der Waals surface area contributed by atoms with Gasteiger partial charge in [0, 0.05) is 0 Å². The van der Waals surface area contributed by atoms with Gasteiger partial charge in [-0.15, -0.1) is 0 Å². The molecule has 156 valence electrons. The third-order valence-corrected chi connectivity index (χ3v) is 4.89. The van der Waals surface area contributed by atoms with Crippen LogP contribution in [0.4, 0.5) is 5.69 Å². The van der Waals surface area contributed by atoms with Crippen LogP contribution in [0, 0.1) is 0 Å². The van der Waals surface area contributed by atoms with E-state index in [2.05, 4.69) is 10.3 Å². The van der Waals surface area contributed by atoms with Gasteiger partial charge in [-0.25, -0.2) is 4.98 Å². The number of hydrogen-bond acceptors (Lipinski definition) is 7. The molecular weight excluding hydrogens is 416 g/mol. The van der Waals surface area contributed by atoms with Gasteiger partial charge in [0.05, 0.1) is 5.69 Å². The van der Waals surface area contributed by atoms with E-state index in [-0.39, 0.29) is 5.75 Å². The highest BCUT2D eigenvalue weighted by Gasteiger charge is 2.13. The molecule has 31 heavy (non-hydrogen) atoms. The van der Waals surface area contributed by atoms with E-state index in [1.165, 1.54) is 0 Å². The topological polar surface area (TPSA) is 90.7 Å². The van der Waals surface area contributed by atoms with Gasteiger partial charge in [0.2, 0.25) is 0 Å². The second kappa shape index (κ2) is 9.82. The summed E-state index contributed by atoms with van der Waals surface area (Å²) >= 11 is 1.11. The number of carbonyl (C=O) groups is 2. The Morgan fingerprint density at radius 2 is 1.68 bits per heavy atom. The first-order chi connectivity index (χ1) is 15.2. The maximum atomic E-state index is 12.2. The molecule has 4 aromatic rings. The fraction of sp³-hybridized carbons (Fsp3) is 0.0870. The second-order valence-corrected chi connectivity index (χ2v) is 7.28. The number of hydrogen-bond donors (Lipinski definition) is 1. The minimum absolute atomic E-state index is 0.0200. The molecule has 0 aliphatic carbocycles. The van der Waals surface area contributed by atoms with Crippen molar-refractivity contribution < 1.29 is 23.5 Å². The molecule has 0 fully saturated rings. The van der Waals surface area contributed by atoms with E-state index in [9.17, 15) is 9.59 Å². The first kappa shape index (κ1) is 20.5. The van der Waals surface area contributed by atoms with Gasteiger partial charge in [-0.2, -0.15) is 0 Å². The average Bonchev–Trinajstić information content (AvgIpc) is 3.21. The molecule has 0 aliphatic heterocycles. The van der Waals surface area contributed by atoms with Crippen molar-refractivity contribution in [3.63, 3.8) is 0 Å². The highest BCUT2D eigenvalue weighted by Crippen LogP contribution is 2.29. The molecule has 0 unspecified atom stereocenters. The summed E-state index contributed by atoms with van der Waals surface area (Å²) in [5.74, 6) is 0.0978. The molecule has 0 radical (unpaired) electrons. The van der Waals surface area contributed by atoms with Crippen molar-refractivity contribution in [2.45, 2.75) is 5.22 Å². The first-order valence-electron chi connectivity index (χ1n) is 9.43. The van der Waals surface area contributed by atoms with Crippen LogP contribution >= 0.6 is 11.8 Å². The van der Waals surface area contributed by atoms with Crippen molar-refractivity contribution in [3.8, 4) is 11.5 Å². The SMILES string of the molecule is O=C(COC(=O)CSc1nc2ccccc2o1)Nc1ccccc1Oc1ccccc1. The van der Waals surface area contributed by atoms with Crippen LogP contribution in [0.15, 0.2) is 88.5 Å². The molecule has 1 amide bonds. The Morgan fingerprint density at radius 3 is 2.52 bits per heavy atom. The Bertz CT molecular complexity index is 1160. The van der Waals surface area contributed by atoms with Crippen LogP contribution < -0.4 is 10.1 Å². The number of para-hydroxylation sites is 5. The maximum absolute atomic E-state index is 12.2. The highest BCUT2D eigenvalue weighted by atomic mass is 32.2. The zero-order valence-corrected chi connectivity index (χ0v) is 17.1. The van der Waals surface area contributed by atoms with Gasteiger partial charge in [0.25, 0.3) is 11.1 Å². The number of fused-ring (bicyclic) bond motifs is 1. The van der Waals surface area contributed by atoms with Crippen LogP contribution in [-0.2, 0) is 14.3 Å². The number of ether oxygens (including phenoxy) is 2. The van der Waals surface area contributed by atoms with E-state index >= 15 is 0 Å². The Kier molecular flexibility index (Phi) is 6.49. The lowest BCUT2D eigenvalue weighted by atomic mass is 10.3. The van der Waals surface area contributed by atoms with E-state index in [4.69, 9.17) is 13.9 Å². The van der Waals surface area contributed by atoms with Gasteiger partial charge in [-0.3, -0.25) is 9.59 Å². The number of anilines is 1. The summed E-state index contributed by atoms with van der Waals surface area (Å²) in [5.41, 5.74) is 1.84. The van der Waals surface area contributed by atoms with Gasteiger partial charge in [-0.05, 0) is 36.4 Å². The molecule has 3 aromatic carbocycles. The lowest BCUT2D eigenvalue weighted by Gasteiger charge is -2.12. The van der Waals surface area contributed by atoms with E-state index < -0.39 is 18.5 Å². The number of benzene rings is 3. The van der Waals surface area contributed by atoms with Crippen LogP contribution in [0.1, 0.15) is 0 Å². The van der Waals surface area contributed by atoms with Gasteiger partial charge >= 0.3 is 5.97 Å². The van der Waals surface area contributed by atoms with Gasteiger partial charge in [0.1, 0.15) is 17.0 Å². The van der Waals surface area contributed by atoms with Gasteiger partial charge in [-0.1, -0.05) is 54.2 Å². The predicted octanol–water partition coefficient (Wildman–Crippen LogP) is 4.89. The molecule has 0 bridgehead atoms. The molecule has 0 saturated heterocycles. The molecule has 1 aromatic heterocycles. The predicted molar refractivity (Wildman–Crippen MR) is 117 cm³/mol. The Morgan fingerprint density at radius 1 is 0.935 bits per heavy atom. The van der Waals surface area contributed by atoms with Gasteiger partial charge in [0.15, 0.2) is 17.9 Å². The number of amides is 1. The molecule has 1 N–H and O–H groups in total. The standard InChI is InChI=1S/C23H18N2O5S/c26-21(24-17-10-4-6-12-19(17)29-16-8-2-1-3-9-16)14-28-22(27)15-31-23-25-18-11-5-7-13-20(18)30-23/h1-13H,14-15H2,(H,24,26). The number of nitrogens with one attached hydrogen (secondary N) is 1. The number of carbonyl (C=O) groups excluding carboxylic acids is 2. The van der Waals surface area contributed by atoms with E-state index in [0.717, 1.165) is 11.8 Å². The molecule has 7 nitrogen and oxygen atoms in total. The zero-order chi connectivity index (χ0) is 21.5. The van der Waals surface area contributed by atoms with E-state index in [1.807, 2.05) is 48.5 Å². The van der Waals surface area contributed by atoms with Crippen molar-refractivity contribution in [2.75, 3.05) is 17.7 Å². The molecule has 0 aliphatic rings. The summed E-state index contributed by atoms with van der Waals surface area (Å²) in [6.07, 6.45) is 0. The summed E-state index contributed by atoms with van der Waals surface area (Å²) < 4.78 is 16.4. The molecular formula is C23H18N2O5S. The number of nitrogens with zero attached hydrogens (tertiary/aromatic N) is 1. The number of esters is 1. The first-order valence-corrected chi connectivity index (χ1v) is 10.4. The maximum Gasteiger partial charge on any atom is 0.316 e. The molecule has 4 rings (SSSR count). The fourth-order valence-corrected chi connectivity index (χ4v) is 3.32. The molecule has 0 atom stereocenters. The normalized spacial score (nSPS) is 10.6. The summed E-state index contributed by atoms with van der Waals surface area (Å²) in [5, 5.41) is 3.07. The summed E-state index contributed by atoms with van der Waals surface area (Å²) in [7, 11) is 0. The number of aromatic nitrogens is 1. The number of oxazole rings is 1. The summed E-state index contributed by atoms with van der Waals surface area (Å²) in [4.78, 5) is 28.5. The Hall–Kier alpha value is -3.78. The quantitative estimate of drug-likeness (QED) is 0.312. The van der Waals surface area contributed by atoms with E-state index in [1.54, 1.807) is 30.3 Å². The van der Waals surface area contributed by atoms with Crippen LogP contribution in [-0.4, -0.2) is 29.2 Å². The van der Waals surface area contributed by atoms with Crippen molar-refractivity contribution in [1.29, 1.82) is 0 Å². The highest BCUT2D eigenvalue weighted by molar-refractivity contribution is 7.99. The summed E-state index contributed by atoms with van der Waals surface area (Å²) in [6, 6.07) is 23.6. The van der Waals surface area contributed by atoms with Crippen LogP contribution in [0.2, 0.25) is 0 Å². The Labute approximate surface area is 182 Å². The number of rotatable bonds is 8. The van der Waals surface area contributed by atoms with Gasteiger partial charge < -0.3 is 19.2 Å². The molecule has 8 heteroatoms. The van der Waals surface area contributed by atoms with E-state index in [0.29, 0.717) is 33.5 Å².